The van der Waals surface area contributed by atoms with E-state index in [-0.39, 0.29) is 17.7 Å². The van der Waals surface area contributed by atoms with Gasteiger partial charge in [0, 0.05) is 18.6 Å². The highest BCUT2D eigenvalue weighted by Crippen LogP contribution is 2.30. The first-order valence-corrected chi connectivity index (χ1v) is 8.10. The van der Waals surface area contributed by atoms with Crippen LogP contribution in [-0.4, -0.2) is 33.1 Å². The summed E-state index contributed by atoms with van der Waals surface area (Å²) in [7, 11) is 0. The van der Waals surface area contributed by atoms with E-state index in [1.807, 2.05) is 0 Å². The monoisotopic (exact) mass is 412 g/mol. The number of nitrogens with zero attached hydrogens (tertiary/aromatic N) is 1. The maximum atomic E-state index is 12.6. The third-order valence-corrected chi connectivity index (χ3v) is 4.00. The Morgan fingerprint density at radius 1 is 1.07 bits per heavy atom. The van der Waals surface area contributed by atoms with Crippen molar-refractivity contribution in [2.75, 3.05) is 0 Å². The molecule has 2 aromatic carbocycles. The Labute approximate surface area is 161 Å². The lowest BCUT2D eigenvalue weighted by molar-refractivity contribution is -0.384. The molecule has 29 heavy (non-hydrogen) atoms. The molecule has 2 rings (SSSR count). The van der Waals surface area contributed by atoms with Crippen LogP contribution in [0.1, 0.15) is 22.8 Å². The molecule has 1 amide bonds. The van der Waals surface area contributed by atoms with Crippen LogP contribution in [0.3, 0.4) is 0 Å². The molecule has 2 aromatic rings. The number of benzene rings is 2. The van der Waals surface area contributed by atoms with Gasteiger partial charge in [-0.15, -0.1) is 0 Å². The molecule has 0 fully saturated rings. The lowest BCUT2D eigenvalue weighted by atomic mass is 10.0. The largest absolute Gasteiger partial charge is 0.480 e. The molecule has 8 nitrogen and oxygen atoms in total. The Hall–Kier alpha value is -3.47. The second kappa shape index (κ2) is 8.69. The van der Waals surface area contributed by atoms with E-state index in [9.17, 15) is 43.1 Å². The maximum Gasteiger partial charge on any atom is 0.416 e. The number of hydrogen-bond acceptors (Lipinski definition) is 5. The van der Waals surface area contributed by atoms with Gasteiger partial charge in [-0.1, -0.05) is 24.3 Å². The fourth-order valence-electron chi connectivity index (χ4n) is 2.45. The number of carbonyl (C=O) groups is 2. The minimum atomic E-state index is -4.58. The number of aliphatic hydroxyl groups excluding tert-OH is 1. The number of carboxylic acid groups (broad SMARTS) is 1. The molecule has 0 aromatic heterocycles. The van der Waals surface area contributed by atoms with Crippen LogP contribution < -0.4 is 5.32 Å². The summed E-state index contributed by atoms with van der Waals surface area (Å²) in [5.74, 6) is -2.53. The number of non-ortho nitro benzene ring substituents is 1. The number of alkyl halides is 3. The van der Waals surface area contributed by atoms with Gasteiger partial charge in [0.1, 0.15) is 6.04 Å². The Morgan fingerprint density at radius 2 is 1.62 bits per heavy atom. The smallest absolute Gasteiger partial charge is 0.416 e. The van der Waals surface area contributed by atoms with Gasteiger partial charge in [0.05, 0.1) is 10.5 Å². The molecular weight excluding hydrogens is 397 g/mol. The number of halogens is 3. The predicted octanol–water partition coefficient (Wildman–Crippen LogP) is 2.46. The average Bonchev–Trinajstić information content (AvgIpc) is 2.66. The second-order valence-electron chi connectivity index (χ2n) is 6.05. The number of nitro benzene ring substituents is 1. The zero-order valence-corrected chi connectivity index (χ0v) is 14.6. The minimum absolute atomic E-state index is 0.144. The van der Waals surface area contributed by atoms with Gasteiger partial charge >= 0.3 is 12.1 Å². The molecule has 11 heteroatoms. The van der Waals surface area contributed by atoms with Gasteiger partial charge in [-0.25, -0.2) is 4.79 Å². The Kier molecular flexibility index (Phi) is 6.54. The molecule has 154 valence electrons. The molecule has 0 aliphatic rings. The molecule has 0 spiro atoms. The first kappa shape index (κ1) is 21.8. The summed E-state index contributed by atoms with van der Waals surface area (Å²) in [6.45, 7) is 0. The summed E-state index contributed by atoms with van der Waals surface area (Å²) in [5, 5.41) is 32.0. The van der Waals surface area contributed by atoms with E-state index < -0.39 is 40.7 Å². The number of carboxylic acids is 1. The predicted molar refractivity (Wildman–Crippen MR) is 92.8 cm³/mol. The number of carbonyl (C=O) groups excluding carboxylic acids is 1. The van der Waals surface area contributed by atoms with Crippen LogP contribution >= 0.6 is 0 Å². The van der Waals surface area contributed by atoms with Crippen molar-refractivity contribution in [3.05, 3.63) is 75.3 Å². The highest BCUT2D eigenvalue weighted by molar-refractivity contribution is 5.87. The van der Waals surface area contributed by atoms with Crippen LogP contribution in [0.25, 0.3) is 0 Å². The van der Waals surface area contributed by atoms with E-state index >= 15 is 0 Å². The molecule has 0 saturated heterocycles. The summed E-state index contributed by atoms with van der Waals surface area (Å²) in [5.41, 5.74) is -0.917. The van der Waals surface area contributed by atoms with Gasteiger partial charge in [0.15, 0.2) is 6.10 Å². The van der Waals surface area contributed by atoms with Crippen molar-refractivity contribution in [3.8, 4) is 0 Å². The molecule has 0 bridgehead atoms. The number of rotatable bonds is 7. The molecule has 0 aliphatic heterocycles. The van der Waals surface area contributed by atoms with Crippen molar-refractivity contribution < 1.29 is 37.9 Å². The van der Waals surface area contributed by atoms with Crippen molar-refractivity contribution in [3.63, 3.8) is 0 Å². The van der Waals surface area contributed by atoms with Crippen molar-refractivity contribution in [1.82, 2.24) is 5.32 Å². The summed E-state index contributed by atoms with van der Waals surface area (Å²) >= 11 is 0. The van der Waals surface area contributed by atoms with Gasteiger partial charge < -0.3 is 15.5 Å². The Balaban J connectivity index is 2.08. The molecule has 0 heterocycles. The standard InChI is InChI=1S/C18H15F3N2O6/c19-18(20,21)12-5-3-11(4-6-12)15(24)16(25)22-14(17(26)27)9-10-1-7-13(8-2-10)23(28)29/h1-8,14-15,24H,9H2,(H,22,25)(H,26,27)/t14-,15+/m1/s1. The van der Waals surface area contributed by atoms with E-state index in [1.165, 1.54) is 24.3 Å². The summed E-state index contributed by atoms with van der Waals surface area (Å²) in [6.07, 6.45) is -6.68. The number of amides is 1. The van der Waals surface area contributed by atoms with Crippen molar-refractivity contribution in [2.45, 2.75) is 24.7 Å². The van der Waals surface area contributed by atoms with E-state index in [0.717, 1.165) is 12.1 Å². The highest BCUT2D eigenvalue weighted by atomic mass is 19.4. The van der Waals surface area contributed by atoms with Crippen molar-refractivity contribution in [2.24, 2.45) is 0 Å². The number of nitro groups is 1. The van der Waals surface area contributed by atoms with Gasteiger partial charge in [-0.05, 0) is 23.3 Å². The molecule has 0 radical (unpaired) electrons. The van der Waals surface area contributed by atoms with Gasteiger partial charge in [-0.3, -0.25) is 14.9 Å². The lowest BCUT2D eigenvalue weighted by Crippen LogP contribution is -2.44. The Morgan fingerprint density at radius 3 is 2.07 bits per heavy atom. The molecule has 2 atom stereocenters. The molecule has 0 unspecified atom stereocenters. The normalized spacial score (nSPS) is 13.4. The third kappa shape index (κ3) is 5.75. The zero-order valence-electron chi connectivity index (χ0n) is 14.6. The van der Waals surface area contributed by atoms with Crippen LogP contribution in [0.2, 0.25) is 0 Å². The SMILES string of the molecule is O=C(N[C@H](Cc1ccc([N+](=O)[O-])cc1)C(=O)O)[C@@H](O)c1ccc(C(F)(F)F)cc1. The minimum Gasteiger partial charge on any atom is -0.480 e. The third-order valence-electron chi connectivity index (χ3n) is 4.00. The number of aliphatic carboxylic acids is 1. The van der Waals surface area contributed by atoms with Gasteiger partial charge in [0.2, 0.25) is 0 Å². The van der Waals surface area contributed by atoms with Crippen LogP contribution in [-0.2, 0) is 22.2 Å². The molecule has 3 N–H and O–H groups in total. The topological polar surface area (TPSA) is 130 Å². The van der Waals surface area contributed by atoms with Crippen LogP contribution in [0.4, 0.5) is 18.9 Å². The van der Waals surface area contributed by atoms with E-state index in [4.69, 9.17) is 0 Å². The fourth-order valence-corrected chi connectivity index (χ4v) is 2.45. The van der Waals surface area contributed by atoms with E-state index in [1.54, 1.807) is 0 Å². The summed E-state index contributed by atoms with van der Waals surface area (Å²) < 4.78 is 37.7. The second-order valence-corrected chi connectivity index (χ2v) is 6.05. The first-order chi connectivity index (χ1) is 13.5. The fraction of sp³-hybridized carbons (Fsp3) is 0.222. The number of nitrogens with one attached hydrogen (secondary N) is 1. The van der Waals surface area contributed by atoms with Crippen LogP contribution in [0.15, 0.2) is 48.5 Å². The average molecular weight is 412 g/mol. The van der Waals surface area contributed by atoms with Gasteiger partial charge in [-0.2, -0.15) is 13.2 Å². The van der Waals surface area contributed by atoms with E-state index in [0.29, 0.717) is 17.7 Å². The highest BCUT2D eigenvalue weighted by Gasteiger charge is 2.31. The van der Waals surface area contributed by atoms with E-state index in [2.05, 4.69) is 5.32 Å². The molecule has 0 saturated carbocycles. The summed E-state index contributed by atoms with van der Waals surface area (Å²) in [4.78, 5) is 33.6. The molecular formula is C18H15F3N2O6. The van der Waals surface area contributed by atoms with Crippen LogP contribution in [0, 0.1) is 10.1 Å². The summed E-state index contributed by atoms with van der Waals surface area (Å²) in [6, 6.07) is 6.75. The first-order valence-electron chi connectivity index (χ1n) is 8.10. The van der Waals surface area contributed by atoms with Crippen LogP contribution in [0.5, 0.6) is 0 Å². The lowest BCUT2D eigenvalue weighted by Gasteiger charge is -2.18. The Bertz CT molecular complexity index is 897. The van der Waals surface area contributed by atoms with Gasteiger partial charge in [0.25, 0.3) is 11.6 Å². The molecule has 0 aliphatic carbocycles. The quantitative estimate of drug-likeness (QED) is 0.473. The number of hydrogen-bond donors (Lipinski definition) is 3. The van der Waals surface area contributed by atoms with Crippen molar-refractivity contribution >= 4 is 17.6 Å². The maximum absolute atomic E-state index is 12.6. The van der Waals surface area contributed by atoms with Crippen molar-refractivity contribution in [1.29, 1.82) is 0 Å². The number of aliphatic hydroxyl groups is 1. The zero-order chi connectivity index (χ0) is 21.8.